The fourth-order valence-corrected chi connectivity index (χ4v) is 2.53. The van der Waals surface area contributed by atoms with Gasteiger partial charge in [-0.2, -0.15) is 5.10 Å². The molecule has 0 aliphatic heterocycles. The number of nitrogens with zero attached hydrogens (tertiary/aromatic N) is 2. The Balaban J connectivity index is 2.08. The molecule has 0 aromatic heterocycles. The maximum atomic E-state index is 12.1. The molecule has 0 bridgehead atoms. The first-order valence-corrected chi connectivity index (χ1v) is 9.43. The van der Waals surface area contributed by atoms with Gasteiger partial charge in [0.1, 0.15) is 0 Å². The second-order valence-electron chi connectivity index (χ2n) is 6.34. The Morgan fingerprint density at radius 2 is 1.86 bits per heavy atom. The monoisotopic (exact) mass is 417 g/mol. The quantitative estimate of drug-likeness (QED) is 0.527. The Morgan fingerprint density at radius 3 is 2.48 bits per heavy atom. The van der Waals surface area contributed by atoms with Gasteiger partial charge in [0.15, 0.2) is 17.6 Å². The molecule has 0 radical (unpaired) electrons. The Kier molecular flexibility index (Phi) is 8.03. The van der Waals surface area contributed by atoms with Gasteiger partial charge in [0.25, 0.3) is 11.8 Å². The standard InChI is InChI=1S/C21H24ClN3O4/c1-5-28-19-12-15(6-11-18(19)29-14(2)21(27)25(3)4)13-23-24-20(26)16-7-9-17(22)10-8-16/h6-14H,5H2,1-4H3,(H,24,26)/b23-13-/t14-/m1/s1. The lowest BCUT2D eigenvalue weighted by Gasteiger charge is -2.20. The van der Waals surface area contributed by atoms with Crippen LogP contribution in [0.25, 0.3) is 0 Å². The number of carbonyl (C=O) groups excluding carboxylic acids is 2. The molecule has 2 amide bonds. The highest BCUT2D eigenvalue weighted by molar-refractivity contribution is 6.30. The maximum Gasteiger partial charge on any atom is 0.271 e. The van der Waals surface area contributed by atoms with E-state index in [-0.39, 0.29) is 11.8 Å². The summed E-state index contributed by atoms with van der Waals surface area (Å²) in [4.78, 5) is 25.5. The highest BCUT2D eigenvalue weighted by Crippen LogP contribution is 2.29. The number of rotatable bonds is 8. The number of hydrogen-bond donors (Lipinski definition) is 1. The van der Waals surface area contributed by atoms with Crippen LogP contribution in [0.5, 0.6) is 11.5 Å². The third-order valence-electron chi connectivity index (χ3n) is 3.85. The van der Waals surface area contributed by atoms with E-state index >= 15 is 0 Å². The zero-order valence-corrected chi connectivity index (χ0v) is 17.6. The third kappa shape index (κ3) is 6.50. The van der Waals surface area contributed by atoms with Crippen molar-refractivity contribution in [1.29, 1.82) is 0 Å². The van der Waals surface area contributed by atoms with Crippen LogP contribution in [0.15, 0.2) is 47.6 Å². The number of nitrogens with one attached hydrogen (secondary N) is 1. The van der Waals surface area contributed by atoms with Crippen LogP contribution in [0.3, 0.4) is 0 Å². The van der Waals surface area contributed by atoms with E-state index in [1.807, 2.05) is 6.92 Å². The van der Waals surface area contributed by atoms with Gasteiger partial charge in [0, 0.05) is 24.7 Å². The molecule has 0 fully saturated rings. The van der Waals surface area contributed by atoms with Gasteiger partial charge >= 0.3 is 0 Å². The molecule has 0 heterocycles. The summed E-state index contributed by atoms with van der Waals surface area (Å²) in [5.41, 5.74) is 3.60. The maximum absolute atomic E-state index is 12.1. The summed E-state index contributed by atoms with van der Waals surface area (Å²) >= 11 is 5.81. The van der Waals surface area contributed by atoms with Crippen molar-refractivity contribution in [3.63, 3.8) is 0 Å². The second-order valence-corrected chi connectivity index (χ2v) is 6.77. The highest BCUT2D eigenvalue weighted by Gasteiger charge is 2.18. The van der Waals surface area contributed by atoms with Crippen LogP contribution < -0.4 is 14.9 Å². The molecule has 1 N–H and O–H groups in total. The van der Waals surface area contributed by atoms with Crippen molar-refractivity contribution in [3.05, 3.63) is 58.6 Å². The van der Waals surface area contributed by atoms with Gasteiger partial charge in [-0.15, -0.1) is 0 Å². The molecular formula is C21H24ClN3O4. The molecule has 0 saturated heterocycles. The van der Waals surface area contributed by atoms with Gasteiger partial charge in [0.2, 0.25) is 0 Å². The summed E-state index contributed by atoms with van der Waals surface area (Å²) in [6.45, 7) is 3.96. The Morgan fingerprint density at radius 1 is 1.17 bits per heavy atom. The van der Waals surface area contributed by atoms with E-state index in [1.165, 1.54) is 11.1 Å². The Hall–Kier alpha value is -3.06. The van der Waals surface area contributed by atoms with Gasteiger partial charge in [-0.05, 0) is 61.9 Å². The average Bonchev–Trinajstić information content (AvgIpc) is 2.69. The van der Waals surface area contributed by atoms with E-state index in [4.69, 9.17) is 21.1 Å². The van der Waals surface area contributed by atoms with E-state index in [2.05, 4.69) is 10.5 Å². The highest BCUT2D eigenvalue weighted by atomic mass is 35.5. The minimum atomic E-state index is -0.651. The fraction of sp³-hybridized carbons (Fsp3) is 0.286. The van der Waals surface area contributed by atoms with E-state index in [0.717, 1.165) is 0 Å². The molecule has 0 aliphatic rings. The summed E-state index contributed by atoms with van der Waals surface area (Å²) in [6.07, 6.45) is 0.844. The molecule has 0 aliphatic carbocycles. The van der Waals surface area contributed by atoms with E-state index in [0.29, 0.717) is 34.3 Å². The van der Waals surface area contributed by atoms with Gasteiger partial charge in [0.05, 0.1) is 12.8 Å². The van der Waals surface area contributed by atoms with Crippen LogP contribution in [0.4, 0.5) is 0 Å². The lowest BCUT2D eigenvalue weighted by atomic mass is 10.2. The number of likely N-dealkylation sites (N-methyl/N-ethyl adjacent to an activating group) is 1. The summed E-state index contributed by atoms with van der Waals surface area (Å²) in [6, 6.07) is 11.7. The largest absolute Gasteiger partial charge is 0.490 e. The van der Waals surface area contributed by atoms with Crippen LogP contribution in [0.1, 0.15) is 29.8 Å². The van der Waals surface area contributed by atoms with Crippen molar-refractivity contribution < 1.29 is 19.1 Å². The lowest BCUT2D eigenvalue weighted by molar-refractivity contribution is -0.135. The zero-order valence-electron chi connectivity index (χ0n) is 16.8. The smallest absolute Gasteiger partial charge is 0.271 e. The normalized spacial score (nSPS) is 11.8. The van der Waals surface area contributed by atoms with Crippen molar-refractivity contribution in [2.24, 2.45) is 5.10 Å². The molecule has 0 spiro atoms. The fourth-order valence-electron chi connectivity index (χ4n) is 2.41. The summed E-state index contributed by atoms with van der Waals surface area (Å²) in [5.74, 6) is 0.442. The molecule has 7 nitrogen and oxygen atoms in total. The number of benzene rings is 2. The van der Waals surface area contributed by atoms with E-state index in [9.17, 15) is 9.59 Å². The van der Waals surface area contributed by atoms with E-state index < -0.39 is 6.10 Å². The summed E-state index contributed by atoms with van der Waals surface area (Å²) in [7, 11) is 3.34. The first-order valence-electron chi connectivity index (χ1n) is 9.05. The van der Waals surface area contributed by atoms with Crippen LogP contribution >= 0.6 is 11.6 Å². The van der Waals surface area contributed by atoms with Crippen LogP contribution in [-0.2, 0) is 4.79 Å². The molecule has 0 unspecified atom stereocenters. The minimum Gasteiger partial charge on any atom is -0.490 e. The van der Waals surface area contributed by atoms with Crippen LogP contribution in [0, 0.1) is 0 Å². The van der Waals surface area contributed by atoms with Gasteiger partial charge in [-0.3, -0.25) is 9.59 Å². The zero-order chi connectivity index (χ0) is 21.4. The number of hydrogen-bond acceptors (Lipinski definition) is 5. The van der Waals surface area contributed by atoms with Crippen LogP contribution in [-0.4, -0.2) is 49.7 Å². The van der Waals surface area contributed by atoms with Crippen molar-refractivity contribution in [3.8, 4) is 11.5 Å². The molecule has 0 saturated carbocycles. The van der Waals surface area contributed by atoms with E-state index in [1.54, 1.807) is 63.5 Å². The number of carbonyl (C=O) groups is 2. The minimum absolute atomic E-state index is 0.150. The summed E-state index contributed by atoms with van der Waals surface area (Å²) < 4.78 is 11.4. The van der Waals surface area contributed by atoms with Crippen molar-refractivity contribution in [1.82, 2.24) is 10.3 Å². The predicted octanol–water partition coefficient (Wildman–Crippen LogP) is 3.36. The molecule has 154 valence electrons. The van der Waals surface area contributed by atoms with Crippen molar-refractivity contribution in [2.75, 3.05) is 20.7 Å². The van der Waals surface area contributed by atoms with Crippen molar-refractivity contribution in [2.45, 2.75) is 20.0 Å². The lowest BCUT2D eigenvalue weighted by Crippen LogP contribution is -2.35. The first kappa shape index (κ1) is 22.2. The molecule has 2 rings (SSSR count). The molecule has 29 heavy (non-hydrogen) atoms. The van der Waals surface area contributed by atoms with Crippen LogP contribution in [0.2, 0.25) is 5.02 Å². The topological polar surface area (TPSA) is 80.2 Å². The number of ether oxygens (including phenoxy) is 2. The first-order chi connectivity index (χ1) is 13.8. The molecule has 2 aromatic rings. The molecular weight excluding hydrogens is 394 g/mol. The average molecular weight is 418 g/mol. The Labute approximate surface area is 175 Å². The van der Waals surface area contributed by atoms with Gasteiger partial charge in [-0.25, -0.2) is 5.43 Å². The summed E-state index contributed by atoms with van der Waals surface area (Å²) in [5, 5.41) is 4.52. The molecule has 8 heteroatoms. The van der Waals surface area contributed by atoms with Gasteiger partial charge in [-0.1, -0.05) is 11.6 Å². The molecule has 2 aromatic carbocycles. The SMILES string of the molecule is CCOc1cc(/C=N\NC(=O)c2ccc(Cl)cc2)ccc1O[C@H](C)C(=O)N(C)C. The second kappa shape index (κ2) is 10.5. The van der Waals surface area contributed by atoms with Crippen molar-refractivity contribution >= 4 is 29.6 Å². The Bertz CT molecular complexity index is 882. The number of halogens is 1. The van der Waals surface area contributed by atoms with Gasteiger partial charge < -0.3 is 14.4 Å². The number of amides is 2. The predicted molar refractivity (Wildman–Crippen MR) is 113 cm³/mol. The number of hydrazone groups is 1. The third-order valence-corrected chi connectivity index (χ3v) is 4.10. The molecule has 1 atom stereocenters.